The molecule has 0 atom stereocenters. The molecular weight excluding hydrogens is 366 g/mol. The van der Waals surface area contributed by atoms with E-state index in [0.717, 1.165) is 10.8 Å². The molecule has 0 spiro atoms. The standard InChI is InChI=1S/C20H16ClN3O3/c21-15-8-9-18(25)14(10-15)11-23-24-19(26)12-22-20(27)17-7-3-5-13-4-1-2-6-16(13)17/h1-11,25H,12H2,(H,22,27)(H,24,26). The van der Waals surface area contributed by atoms with Gasteiger partial charge in [0.1, 0.15) is 5.75 Å². The number of carbonyl (C=O) groups excluding carboxylic acids is 2. The van der Waals surface area contributed by atoms with Crippen LogP contribution >= 0.6 is 11.6 Å². The van der Waals surface area contributed by atoms with E-state index in [1.54, 1.807) is 12.1 Å². The number of hydrogen-bond donors (Lipinski definition) is 3. The van der Waals surface area contributed by atoms with Gasteiger partial charge in [-0.05, 0) is 35.0 Å². The average molecular weight is 382 g/mol. The number of halogens is 1. The maximum absolute atomic E-state index is 12.4. The first-order valence-corrected chi connectivity index (χ1v) is 8.49. The van der Waals surface area contributed by atoms with E-state index >= 15 is 0 Å². The number of hydrogen-bond acceptors (Lipinski definition) is 4. The van der Waals surface area contributed by atoms with Gasteiger partial charge in [-0.15, -0.1) is 0 Å². The first-order valence-electron chi connectivity index (χ1n) is 8.11. The normalized spacial score (nSPS) is 10.9. The van der Waals surface area contributed by atoms with Gasteiger partial charge in [0.2, 0.25) is 0 Å². The van der Waals surface area contributed by atoms with Crippen LogP contribution in [0.4, 0.5) is 0 Å². The van der Waals surface area contributed by atoms with Crippen LogP contribution in [-0.2, 0) is 4.79 Å². The molecule has 27 heavy (non-hydrogen) atoms. The molecule has 0 radical (unpaired) electrons. The molecule has 0 unspecified atom stereocenters. The number of nitrogens with one attached hydrogen (secondary N) is 2. The van der Waals surface area contributed by atoms with Crippen molar-refractivity contribution in [3.63, 3.8) is 0 Å². The Kier molecular flexibility index (Phi) is 5.68. The first kappa shape index (κ1) is 18.4. The summed E-state index contributed by atoms with van der Waals surface area (Å²) in [6.45, 7) is -0.235. The van der Waals surface area contributed by atoms with E-state index in [0.29, 0.717) is 16.1 Å². The minimum atomic E-state index is -0.499. The molecule has 0 aliphatic heterocycles. The van der Waals surface area contributed by atoms with Crippen molar-refractivity contribution < 1.29 is 14.7 Å². The van der Waals surface area contributed by atoms with Crippen molar-refractivity contribution in [1.29, 1.82) is 0 Å². The van der Waals surface area contributed by atoms with E-state index < -0.39 is 5.91 Å². The fraction of sp³-hybridized carbons (Fsp3) is 0.0500. The topological polar surface area (TPSA) is 90.8 Å². The van der Waals surface area contributed by atoms with E-state index in [2.05, 4.69) is 15.8 Å². The second-order valence-corrected chi connectivity index (χ2v) is 6.14. The summed E-state index contributed by atoms with van der Waals surface area (Å²) in [4.78, 5) is 24.2. The minimum absolute atomic E-state index is 0.0124. The third kappa shape index (κ3) is 4.62. The predicted molar refractivity (Wildman–Crippen MR) is 105 cm³/mol. The highest BCUT2D eigenvalue weighted by Gasteiger charge is 2.10. The Hall–Kier alpha value is -3.38. The summed E-state index contributed by atoms with van der Waals surface area (Å²) in [5.41, 5.74) is 3.14. The molecule has 0 bridgehead atoms. The Morgan fingerprint density at radius 2 is 1.85 bits per heavy atom. The number of aromatic hydroxyl groups is 1. The molecule has 7 heteroatoms. The molecule has 0 saturated carbocycles. The van der Waals surface area contributed by atoms with Crippen molar-refractivity contribution >= 4 is 40.4 Å². The van der Waals surface area contributed by atoms with E-state index in [1.165, 1.54) is 24.4 Å². The summed E-state index contributed by atoms with van der Waals surface area (Å²) < 4.78 is 0. The number of benzene rings is 3. The number of nitrogens with zero attached hydrogens (tertiary/aromatic N) is 1. The molecule has 6 nitrogen and oxygen atoms in total. The van der Waals surface area contributed by atoms with E-state index in [4.69, 9.17) is 11.6 Å². The zero-order valence-electron chi connectivity index (χ0n) is 14.1. The Balaban J connectivity index is 1.58. The van der Waals surface area contributed by atoms with Gasteiger partial charge in [0.15, 0.2) is 0 Å². The lowest BCUT2D eigenvalue weighted by molar-refractivity contribution is -0.120. The van der Waals surface area contributed by atoms with Crippen LogP contribution in [-0.4, -0.2) is 29.7 Å². The molecule has 2 amide bonds. The van der Waals surface area contributed by atoms with E-state index in [-0.39, 0.29) is 18.2 Å². The molecule has 136 valence electrons. The van der Waals surface area contributed by atoms with Crippen LogP contribution in [0.5, 0.6) is 5.75 Å². The van der Waals surface area contributed by atoms with Crippen LogP contribution in [0.2, 0.25) is 5.02 Å². The lowest BCUT2D eigenvalue weighted by Crippen LogP contribution is -2.35. The van der Waals surface area contributed by atoms with Crippen molar-refractivity contribution in [1.82, 2.24) is 10.7 Å². The van der Waals surface area contributed by atoms with Gasteiger partial charge in [0.25, 0.3) is 11.8 Å². The van der Waals surface area contributed by atoms with Gasteiger partial charge < -0.3 is 10.4 Å². The third-order valence-electron chi connectivity index (χ3n) is 3.83. The van der Waals surface area contributed by atoms with Crippen LogP contribution in [0.1, 0.15) is 15.9 Å². The number of carbonyl (C=O) groups is 2. The van der Waals surface area contributed by atoms with Gasteiger partial charge in [-0.1, -0.05) is 48.0 Å². The number of hydrazone groups is 1. The van der Waals surface area contributed by atoms with Gasteiger partial charge in [-0.25, -0.2) is 5.43 Å². The van der Waals surface area contributed by atoms with E-state index in [1.807, 2.05) is 30.3 Å². The van der Waals surface area contributed by atoms with Crippen LogP contribution in [0.25, 0.3) is 10.8 Å². The lowest BCUT2D eigenvalue weighted by Gasteiger charge is -2.07. The van der Waals surface area contributed by atoms with Gasteiger partial charge in [-0.3, -0.25) is 9.59 Å². The third-order valence-corrected chi connectivity index (χ3v) is 4.06. The van der Waals surface area contributed by atoms with Gasteiger partial charge in [0, 0.05) is 16.1 Å². The maximum Gasteiger partial charge on any atom is 0.259 e. The summed E-state index contributed by atoms with van der Waals surface area (Å²) in [5, 5.41) is 18.2. The minimum Gasteiger partial charge on any atom is -0.507 e. The van der Waals surface area contributed by atoms with Crippen LogP contribution < -0.4 is 10.7 Å². The summed E-state index contributed by atoms with van der Waals surface area (Å²) in [5.74, 6) is -0.860. The SMILES string of the molecule is O=C(CNC(=O)c1cccc2ccccc12)NN=Cc1cc(Cl)ccc1O. The Morgan fingerprint density at radius 1 is 1.07 bits per heavy atom. The van der Waals surface area contributed by atoms with Crippen molar-refractivity contribution in [2.75, 3.05) is 6.54 Å². The van der Waals surface area contributed by atoms with E-state index in [9.17, 15) is 14.7 Å². The highest BCUT2D eigenvalue weighted by atomic mass is 35.5. The number of rotatable bonds is 5. The molecule has 3 rings (SSSR count). The van der Waals surface area contributed by atoms with Gasteiger partial charge in [-0.2, -0.15) is 5.10 Å². The summed E-state index contributed by atoms with van der Waals surface area (Å²) >= 11 is 5.83. The van der Waals surface area contributed by atoms with Crippen molar-refractivity contribution in [3.05, 3.63) is 76.8 Å². The van der Waals surface area contributed by atoms with Crippen LogP contribution in [0, 0.1) is 0 Å². The molecule has 3 aromatic rings. The van der Waals surface area contributed by atoms with Crippen molar-refractivity contribution in [2.45, 2.75) is 0 Å². The van der Waals surface area contributed by atoms with Crippen molar-refractivity contribution in [2.24, 2.45) is 5.10 Å². The van der Waals surface area contributed by atoms with Crippen LogP contribution in [0.15, 0.2) is 65.8 Å². The fourth-order valence-electron chi connectivity index (χ4n) is 2.52. The van der Waals surface area contributed by atoms with Gasteiger partial charge >= 0.3 is 0 Å². The van der Waals surface area contributed by atoms with Crippen LogP contribution in [0.3, 0.4) is 0 Å². The number of phenols is 1. The second kappa shape index (κ2) is 8.33. The first-order chi connectivity index (χ1) is 13.0. The molecule has 0 saturated heterocycles. The molecule has 0 aromatic heterocycles. The quantitative estimate of drug-likeness (QED) is 0.468. The van der Waals surface area contributed by atoms with Gasteiger partial charge in [0.05, 0.1) is 12.8 Å². The molecule has 3 aromatic carbocycles. The highest BCUT2D eigenvalue weighted by molar-refractivity contribution is 6.30. The second-order valence-electron chi connectivity index (χ2n) is 5.71. The molecule has 3 N–H and O–H groups in total. The Bertz CT molecular complexity index is 1030. The summed E-state index contributed by atoms with van der Waals surface area (Å²) in [6.07, 6.45) is 1.27. The molecule has 0 aliphatic rings. The Labute approximate surface area is 160 Å². The molecule has 0 heterocycles. The smallest absolute Gasteiger partial charge is 0.259 e. The summed E-state index contributed by atoms with van der Waals surface area (Å²) in [7, 11) is 0. The Morgan fingerprint density at radius 3 is 2.70 bits per heavy atom. The zero-order chi connectivity index (χ0) is 19.2. The maximum atomic E-state index is 12.4. The van der Waals surface area contributed by atoms with Crippen molar-refractivity contribution in [3.8, 4) is 5.75 Å². The largest absolute Gasteiger partial charge is 0.507 e. The summed E-state index contributed by atoms with van der Waals surface area (Å²) in [6, 6.07) is 17.4. The average Bonchev–Trinajstić information content (AvgIpc) is 2.68. The highest BCUT2D eigenvalue weighted by Crippen LogP contribution is 2.19. The number of fused-ring (bicyclic) bond motifs is 1. The monoisotopic (exact) mass is 381 g/mol. The fourth-order valence-corrected chi connectivity index (χ4v) is 2.70. The number of phenolic OH excluding ortho intramolecular Hbond substituents is 1. The number of amides is 2. The zero-order valence-corrected chi connectivity index (χ0v) is 14.9. The molecule has 0 fully saturated rings. The molecule has 0 aliphatic carbocycles. The lowest BCUT2D eigenvalue weighted by atomic mass is 10.0. The molecular formula is C20H16ClN3O3. The predicted octanol–water partition coefficient (Wildman–Crippen LogP) is 3.08.